The Morgan fingerprint density at radius 2 is 1.89 bits per heavy atom. The van der Waals surface area contributed by atoms with Crippen LogP contribution in [0, 0.1) is 25.5 Å². The summed E-state index contributed by atoms with van der Waals surface area (Å²) in [6.07, 6.45) is 3.14. The van der Waals surface area contributed by atoms with E-state index in [1.165, 1.54) is 12.4 Å². The van der Waals surface area contributed by atoms with Crippen molar-refractivity contribution < 1.29 is 13.6 Å². The van der Waals surface area contributed by atoms with Crippen LogP contribution in [0.25, 0.3) is 5.82 Å². The highest BCUT2D eigenvalue weighted by Gasteiger charge is 2.08. The maximum Gasteiger partial charge on any atom is 0.319 e. The molecule has 0 aliphatic rings. The third-order valence-corrected chi connectivity index (χ3v) is 4.05. The lowest BCUT2D eigenvalue weighted by Crippen LogP contribution is -2.32. The predicted octanol–water partition coefficient (Wildman–Crippen LogP) is 2.79. The Bertz CT molecular complexity index is 990. The van der Waals surface area contributed by atoms with Gasteiger partial charge in [-0.05, 0) is 26.0 Å². The molecule has 0 aliphatic carbocycles. The molecule has 0 spiro atoms. The molecule has 0 fully saturated rings. The maximum atomic E-state index is 13.1. The molecule has 2 heterocycles. The van der Waals surface area contributed by atoms with Crippen molar-refractivity contribution in [3.05, 3.63) is 59.9 Å². The standard InChI is InChI=1S/C18H19F2N7O/c1-11-12(2)27(10-25-11)17-8-16(23-9-24-17)21-5-6-22-18(28)26-13-3-4-14(19)15(20)7-13/h3-4,7-10H,5-6H2,1-2H3,(H,21,23,24)(H2,22,26,28). The highest BCUT2D eigenvalue weighted by molar-refractivity contribution is 5.89. The van der Waals surface area contributed by atoms with E-state index in [2.05, 4.69) is 30.9 Å². The normalized spacial score (nSPS) is 10.6. The maximum absolute atomic E-state index is 13.1. The van der Waals surface area contributed by atoms with Gasteiger partial charge in [-0.15, -0.1) is 0 Å². The zero-order valence-electron chi connectivity index (χ0n) is 15.3. The lowest BCUT2D eigenvalue weighted by molar-refractivity contribution is 0.252. The first-order chi connectivity index (χ1) is 13.4. The molecular weight excluding hydrogens is 368 g/mol. The summed E-state index contributed by atoms with van der Waals surface area (Å²) in [5.74, 6) is -0.721. The number of urea groups is 1. The van der Waals surface area contributed by atoms with Crippen molar-refractivity contribution in [1.29, 1.82) is 0 Å². The Hall–Kier alpha value is -3.56. The van der Waals surface area contributed by atoms with Gasteiger partial charge >= 0.3 is 6.03 Å². The summed E-state index contributed by atoms with van der Waals surface area (Å²) in [5, 5.41) is 8.11. The molecule has 1 aromatic carbocycles. The Morgan fingerprint density at radius 1 is 1.07 bits per heavy atom. The first kappa shape index (κ1) is 19.2. The summed E-state index contributed by atoms with van der Waals surface area (Å²) in [5.41, 5.74) is 2.07. The van der Waals surface area contributed by atoms with E-state index in [0.717, 1.165) is 23.5 Å². The average Bonchev–Trinajstić information content (AvgIpc) is 3.01. The van der Waals surface area contributed by atoms with E-state index in [1.807, 2.05) is 18.4 Å². The molecule has 0 atom stereocenters. The van der Waals surface area contributed by atoms with E-state index < -0.39 is 17.7 Å². The van der Waals surface area contributed by atoms with Gasteiger partial charge in [-0.3, -0.25) is 4.57 Å². The number of imidazole rings is 1. The fourth-order valence-electron chi connectivity index (χ4n) is 2.42. The number of hydrogen-bond donors (Lipinski definition) is 3. The Balaban J connectivity index is 1.48. The van der Waals surface area contributed by atoms with Crippen LogP contribution >= 0.6 is 0 Å². The van der Waals surface area contributed by atoms with Crippen molar-refractivity contribution in [2.24, 2.45) is 0 Å². The first-order valence-electron chi connectivity index (χ1n) is 8.51. The summed E-state index contributed by atoms with van der Waals surface area (Å²) in [6.45, 7) is 4.57. The fourth-order valence-corrected chi connectivity index (χ4v) is 2.42. The fraction of sp³-hybridized carbons (Fsp3) is 0.222. The highest BCUT2D eigenvalue weighted by atomic mass is 19.2. The van der Waals surface area contributed by atoms with Crippen LogP contribution in [0.2, 0.25) is 0 Å². The number of amides is 2. The van der Waals surface area contributed by atoms with Crippen molar-refractivity contribution in [2.45, 2.75) is 13.8 Å². The van der Waals surface area contributed by atoms with Gasteiger partial charge in [0.05, 0.1) is 5.69 Å². The van der Waals surface area contributed by atoms with Gasteiger partial charge in [0.2, 0.25) is 0 Å². The molecular formula is C18H19F2N7O. The zero-order valence-corrected chi connectivity index (χ0v) is 15.3. The Kier molecular flexibility index (Phi) is 5.78. The molecule has 0 bridgehead atoms. The van der Waals surface area contributed by atoms with Gasteiger partial charge in [0.25, 0.3) is 0 Å². The van der Waals surface area contributed by atoms with Crippen LogP contribution < -0.4 is 16.0 Å². The number of halogens is 2. The molecule has 2 aromatic heterocycles. The molecule has 3 aromatic rings. The number of nitrogens with one attached hydrogen (secondary N) is 3. The largest absolute Gasteiger partial charge is 0.368 e. The minimum absolute atomic E-state index is 0.163. The number of carbonyl (C=O) groups excluding carboxylic acids is 1. The van der Waals surface area contributed by atoms with Crippen molar-refractivity contribution in [2.75, 3.05) is 23.7 Å². The number of benzene rings is 1. The van der Waals surface area contributed by atoms with Crippen LogP contribution in [0.3, 0.4) is 0 Å². The minimum atomic E-state index is -1.03. The summed E-state index contributed by atoms with van der Waals surface area (Å²) in [4.78, 5) is 24.4. The molecule has 8 nitrogen and oxygen atoms in total. The van der Waals surface area contributed by atoms with Gasteiger partial charge in [-0.2, -0.15) is 0 Å². The molecule has 3 N–H and O–H groups in total. The number of aromatic nitrogens is 4. The number of hydrogen-bond acceptors (Lipinski definition) is 5. The van der Waals surface area contributed by atoms with Gasteiger partial charge < -0.3 is 16.0 Å². The molecule has 0 aliphatic heterocycles. The number of aryl methyl sites for hydroxylation is 1. The molecule has 3 rings (SSSR count). The summed E-state index contributed by atoms with van der Waals surface area (Å²) < 4.78 is 27.9. The summed E-state index contributed by atoms with van der Waals surface area (Å²) >= 11 is 0. The average molecular weight is 387 g/mol. The van der Waals surface area contributed by atoms with Gasteiger partial charge in [0.1, 0.15) is 24.3 Å². The number of anilines is 2. The van der Waals surface area contributed by atoms with Crippen LogP contribution in [-0.4, -0.2) is 38.6 Å². The van der Waals surface area contributed by atoms with Crippen LogP contribution in [0.4, 0.5) is 25.1 Å². The lowest BCUT2D eigenvalue weighted by Gasteiger charge is -2.10. The van der Waals surface area contributed by atoms with Crippen LogP contribution in [0.5, 0.6) is 0 Å². The van der Waals surface area contributed by atoms with Crippen LogP contribution in [-0.2, 0) is 0 Å². The molecule has 0 radical (unpaired) electrons. The van der Waals surface area contributed by atoms with Gasteiger partial charge in [0, 0.05) is 36.6 Å². The topological polar surface area (TPSA) is 96.8 Å². The third-order valence-electron chi connectivity index (χ3n) is 4.05. The molecule has 0 saturated heterocycles. The summed E-state index contributed by atoms with van der Waals surface area (Å²) in [6, 6.07) is 4.38. The van der Waals surface area contributed by atoms with Crippen molar-refractivity contribution in [3.63, 3.8) is 0 Å². The first-order valence-corrected chi connectivity index (χ1v) is 8.51. The van der Waals surface area contributed by atoms with Gasteiger partial charge in [0.15, 0.2) is 11.6 Å². The van der Waals surface area contributed by atoms with E-state index in [1.54, 1.807) is 12.4 Å². The third kappa shape index (κ3) is 4.58. The summed E-state index contributed by atoms with van der Waals surface area (Å²) in [7, 11) is 0. The van der Waals surface area contributed by atoms with E-state index in [0.29, 0.717) is 18.2 Å². The number of nitrogens with zero attached hydrogens (tertiary/aromatic N) is 4. The highest BCUT2D eigenvalue weighted by Crippen LogP contribution is 2.14. The van der Waals surface area contributed by atoms with E-state index in [4.69, 9.17) is 0 Å². The minimum Gasteiger partial charge on any atom is -0.368 e. The van der Waals surface area contributed by atoms with Gasteiger partial charge in [-0.25, -0.2) is 28.5 Å². The molecule has 0 unspecified atom stereocenters. The van der Waals surface area contributed by atoms with E-state index >= 15 is 0 Å². The molecule has 28 heavy (non-hydrogen) atoms. The quantitative estimate of drug-likeness (QED) is 0.565. The molecule has 10 heteroatoms. The monoisotopic (exact) mass is 387 g/mol. The second kappa shape index (κ2) is 8.42. The van der Waals surface area contributed by atoms with Crippen molar-refractivity contribution >= 4 is 17.5 Å². The van der Waals surface area contributed by atoms with Crippen molar-refractivity contribution in [1.82, 2.24) is 24.8 Å². The molecule has 2 amide bonds. The second-order valence-corrected chi connectivity index (χ2v) is 5.98. The Morgan fingerprint density at radius 3 is 2.61 bits per heavy atom. The predicted molar refractivity (Wildman–Crippen MR) is 100 cm³/mol. The SMILES string of the molecule is Cc1ncn(-c2cc(NCCNC(=O)Nc3ccc(F)c(F)c3)ncn2)c1C. The molecule has 0 saturated carbocycles. The zero-order chi connectivity index (χ0) is 20.1. The number of carbonyl (C=O) groups is 1. The molecule has 146 valence electrons. The smallest absolute Gasteiger partial charge is 0.319 e. The van der Waals surface area contributed by atoms with E-state index in [-0.39, 0.29) is 12.2 Å². The Labute approximate surface area is 160 Å². The van der Waals surface area contributed by atoms with Crippen LogP contribution in [0.15, 0.2) is 36.9 Å². The lowest BCUT2D eigenvalue weighted by atomic mass is 10.3. The number of rotatable bonds is 6. The van der Waals surface area contributed by atoms with E-state index in [9.17, 15) is 13.6 Å². The van der Waals surface area contributed by atoms with Gasteiger partial charge in [-0.1, -0.05) is 0 Å². The second-order valence-electron chi connectivity index (χ2n) is 5.98. The van der Waals surface area contributed by atoms with Crippen molar-refractivity contribution in [3.8, 4) is 5.82 Å². The van der Waals surface area contributed by atoms with Crippen LogP contribution in [0.1, 0.15) is 11.4 Å².